The lowest BCUT2D eigenvalue weighted by molar-refractivity contribution is -0.149. The van der Waals surface area contributed by atoms with E-state index in [1.807, 2.05) is 6.07 Å². The zero-order valence-electron chi connectivity index (χ0n) is 11.3. The van der Waals surface area contributed by atoms with Crippen LogP contribution in [0.4, 0.5) is 0 Å². The van der Waals surface area contributed by atoms with Crippen molar-refractivity contribution in [1.29, 1.82) is 0 Å². The standard InChI is InChI=1S/C17H11ClO4/c18-12-8-6-10(7-9-12)14(19)13-15(20)17(21)22-16(13)11-4-2-1-3-5-11/h1-9,16,19H. The Bertz CT molecular complexity index is 763. The van der Waals surface area contributed by atoms with Crippen LogP contribution in [0.15, 0.2) is 60.2 Å². The summed E-state index contributed by atoms with van der Waals surface area (Å²) in [6.07, 6.45) is -0.906. The number of Topliss-reactive ketones (excluding diaryl/α,β-unsaturated/α-hetero) is 1. The highest BCUT2D eigenvalue weighted by Gasteiger charge is 2.42. The number of aliphatic hydroxyl groups is 1. The van der Waals surface area contributed by atoms with Crippen LogP contribution in [-0.2, 0) is 14.3 Å². The summed E-state index contributed by atoms with van der Waals surface area (Å²) in [5, 5.41) is 10.9. The van der Waals surface area contributed by atoms with Gasteiger partial charge in [0.1, 0.15) is 5.76 Å². The smallest absolute Gasteiger partial charge is 0.380 e. The van der Waals surface area contributed by atoms with Crippen molar-refractivity contribution >= 4 is 29.1 Å². The van der Waals surface area contributed by atoms with Gasteiger partial charge in [-0.3, -0.25) is 4.79 Å². The molecule has 1 aliphatic heterocycles. The average molecular weight is 315 g/mol. The van der Waals surface area contributed by atoms with Crippen LogP contribution in [0.1, 0.15) is 17.2 Å². The fraction of sp³-hybridized carbons (Fsp3) is 0.0588. The van der Waals surface area contributed by atoms with Gasteiger partial charge in [0.2, 0.25) is 0 Å². The number of carbonyl (C=O) groups excluding carboxylic acids is 2. The van der Waals surface area contributed by atoms with Gasteiger partial charge >= 0.3 is 5.97 Å². The second-order valence-electron chi connectivity index (χ2n) is 4.79. The molecule has 1 atom stereocenters. The van der Waals surface area contributed by atoms with Crippen LogP contribution in [0.3, 0.4) is 0 Å². The molecule has 0 aromatic heterocycles. The predicted octanol–water partition coefficient (Wildman–Crippen LogP) is 3.48. The van der Waals surface area contributed by atoms with Crippen molar-refractivity contribution in [2.75, 3.05) is 0 Å². The molecular formula is C17H11ClO4. The van der Waals surface area contributed by atoms with E-state index in [1.54, 1.807) is 48.5 Å². The number of hydrogen-bond donors (Lipinski definition) is 1. The SMILES string of the molecule is O=C1OC(c2ccccc2)C(=C(O)c2ccc(Cl)cc2)C1=O. The summed E-state index contributed by atoms with van der Waals surface area (Å²) in [6, 6.07) is 15.1. The third-order valence-electron chi connectivity index (χ3n) is 3.39. The molecule has 3 rings (SSSR count). The molecule has 0 radical (unpaired) electrons. The Kier molecular flexibility index (Phi) is 3.69. The van der Waals surface area contributed by atoms with Crippen LogP contribution in [-0.4, -0.2) is 16.9 Å². The summed E-state index contributed by atoms with van der Waals surface area (Å²) in [5.74, 6) is -2.08. The molecule has 0 saturated carbocycles. The van der Waals surface area contributed by atoms with Gasteiger partial charge in [-0.25, -0.2) is 4.79 Å². The minimum absolute atomic E-state index is 0.0569. The fourth-order valence-electron chi connectivity index (χ4n) is 2.31. The zero-order chi connectivity index (χ0) is 15.7. The van der Waals surface area contributed by atoms with Gasteiger partial charge < -0.3 is 9.84 Å². The van der Waals surface area contributed by atoms with Crippen LogP contribution < -0.4 is 0 Å². The second-order valence-corrected chi connectivity index (χ2v) is 5.23. The maximum Gasteiger partial charge on any atom is 0.380 e. The molecule has 2 aromatic carbocycles. The van der Waals surface area contributed by atoms with E-state index in [2.05, 4.69) is 0 Å². The van der Waals surface area contributed by atoms with E-state index in [0.29, 0.717) is 16.1 Å². The lowest BCUT2D eigenvalue weighted by atomic mass is 9.97. The van der Waals surface area contributed by atoms with Gasteiger partial charge in [-0.05, 0) is 29.8 Å². The van der Waals surface area contributed by atoms with Crippen molar-refractivity contribution < 1.29 is 19.4 Å². The zero-order valence-corrected chi connectivity index (χ0v) is 12.1. The van der Waals surface area contributed by atoms with Gasteiger partial charge in [0.05, 0.1) is 5.57 Å². The van der Waals surface area contributed by atoms with Gasteiger partial charge in [-0.15, -0.1) is 0 Å². The lowest BCUT2D eigenvalue weighted by Crippen LogP contribution is -2.08. The van der Waals surface area contributed by atoms with E-state index in [1.165, 1.54) is 0 Å². The van der Waals surface area contributed by atoms with Crippen molar-refractivity contribution in [2.24, 2.45) is 0 Å². The quantitative estimate of drug-likeness (QED) is 0.399. The van der Waals surface area contributed by atoms with E-state index in [9.17, 15) is 14.7 Å². The summed E-state index contributed by atoms with van der Waals surface area (Å²) < 4.78 is 5.11. The van der Waals surface area contributed by atoms with Gasteiger partial charge in [-0.2, -0.15) is 0 Å². The molecule has 1 fully saturated rings. The average Bonchev–Trinajstić information content (AvgIpc) is 2.84. The molecule has 0 amide bonds. The van der Waals surface area contributed by atoms with Gasteiger partial charge in [0, 0.05) is 10.6 Å². The number of aliphatic hydroxyl groups excluding tert-OH is 1. The Morgan fingerprint density at radius 1 is 1.00 bits per heavy atom. The summed E-state index contributed by atoms with van der Waals surface area (Å²) >= 11 is 5.81. The lowest BCUT2D eigenvalue weighted by Gasteiger charge is -2.12. The van der Waals surface area contributed by atoms with E-state index in [-0.39, 0.29) is 11.3 Å². The Morgan fingerprint density at radius 2 is 1.64 bits per heavy atom. The van der Waals surface area contributed by atoms with Crippen molar-refractivity contribution in [2.45, 2.75) is 6.10 Å². The summed E-state index contributed by atoms with van der Waals surface area (Å²) in [7, 11) is 0. The van der Waals surface area contributed by atoms with Crippen LogP contribution in [0.2, 0.25) is 5.02 Å². The fourth-order valence-corrected chi connectivity index (χ4v) is 2.43. The Labute approximate surface area is 131 Å². The first-order chi connectivity index (χ1) is 10.6. The van der Waals surface area contributed by atoms with Crippen LogP contribution in [0.5, 0.6) is 0 Å². The molecule has 1 N–H and O–H groups in total. The molecule has 1 unspecified atom stereocenters. The van der Waals surface area contributed by atoms with Crippen LogP contribution >= 0.6 is 11.6 Å². The van der Waals surface area contributed by atoms with Crippen molar-refractivity contribution in [3.8, 4) is 0 Å². The molecule has 5 heteroatoms. The van der Waals surface area contributed by atoms with Crippen LogP contribution in [0, 0.1) is 0 Å². The number of esters is 1. The highest BCUT2D eigenvalue weighted by atomic mass is 35.5. The number of ether oxygens (including phenoxy) is 1. The number of halogens is 1. The molecule has 110 valence electrons. The van der Waals surface area contributed by atoms with E-state index >= 15 is 0 Å². The number of cyclic esters (lactones) is 1. The third-order valence-corrected chi connectivity index (χ3v) is 3.64. The summed E-state index contributed by atoms with van der Waals surface area (Å²) in [5.41, 5.74) is 0.961. The van der Waals surface area contributed by atoms with E-state index in [4.69, 9.17) is 16.3 Å². The maximum absolute atomic E-state index is 12.1. The van der Waals surface area contributed by atoms with E-state index < -0.39 is 17.9 Å². The summed E-state index contributed by atoms with van der Waals surface area (Å²) in [6.45, 7) is 0. The van der Waals surface area contributed by atoms with Gasteiger partial charge in [0.25, 0.3) is 5.78 Å². The van der Waals surface area contributed by atoms with Gasteiger partial charge in [0.15, 0.2) is 6.10 Å². The number of ketones is 1. The Hall–Kier alpha value is -2.59. The highest BCUT2D eigenvalue weighted by molar-refractivity contribution is 6.44. The summed E-state index contributed by atoms with van der Waals surface area (Å²) in [4.78, 5) is 23.7. The highest BCUT2D eigenvalue weighted by Crippen LogP contribution is 2.36. The Morgan fingerprint density at radius 3 is 2.27 bits per heavy atom. The molecule has 22 heavy (non-hydrogen) atoms. The molecule has 2 aromatic rings. The van der Waals surface area contributed by atoms with Crippen molar-refractivity contribution in [3.63, 3.8) is 0 Å². The minimum atomic E-state index is -0.968. The molecule has 1 aliphatic rings. The molecule has 0 aliphatic carbocycles. The van der Waals surface area contributed by atoms with Crippen molar-refractivity contribution in [3.05, 3.63) is 76.3 Å². The van der Waals surface area contributed by atoms with E-state index in [0.717, 1.165) is 0 Å². The number of hydrogen-bond acceptors (Lipinski definition) is 4. The normalized spacial score (nSPS) is 20.0. The third kappa shape index (κ3) is 2.49. The minimum Gasteiger partial charge on any atom is -0.507 e. The molecule has 1 saturated heterocycles. The second kappa shape index (κ2) is 5.66. The largest absolute Gasteiger partial charge is 0.507 e. The number of carbonyl (C=O) groups is 2. The predicted molar refractivity (Wildman–Crippen MR) is 81.3 cm³/mol. The van der Waals surface area contributed by atoms with Crippen LogP contribution in [0.25, 0.3) is 5.76 Å². The maximum atomic E-state index is 12.1. The molecular weight excluding hydrogens is 304 g/mol. The number of rotatable bonds is 2. The molecule has 0 bridgehead atoms. The topological polar surface area (TPSA) is 63.6 Å². The molecule has 4 nitrogen and oxygen atoms in total. The molecule has 1 heterocycles. The number of benzene rings is 2. The molecule has 0 spiro atoms. The first-order valence-electron chi connectivity index (χ1n) is 6.57. The monoisotopic (exact) mass is 314 g/mol. The first-order valence-corrected chi connectivity index (χ1v) is 6.95. The Balaban J connectivity index is 2.11. The van der Waals surface area contributed by atoms with Gasteiger partial charge in [-0.1, -0.05) is 41.9 Å². The first kappa shape index (κ1) is 14.4. The van der Waals surface area contributed by atoms with Crippen molar-refractivity contribution in [1.82, 2.24) is 0 Å².